The van der Waals surface area contributed by atoms with Crippen LogP contribution in [0.2, 0.25) is 0 Å². The molecule has 1 atom stereocenters. The Morgan fingerprint density at radius 1 is 1.39 bits per heavy atom. The van der Waals surface area contributed by atoms with Crippen LogP contribution in [0.25, 0.3) is 0 Å². The maximum absolute atomic E-state index is 4.40. The van der Waals surface area contributed by atoms with E-state index in [1.165, 1.54) is 5.56 Å². The second kappa shape index (κ2) is 5.35. The molecule has 0 fully saturated rings. The van der Waals surface area contributed by atoms with E-state index in [9.17, 15) is 0 Å². The number of imidazole rings is 1. The van der Waals surface area contributed by atoms with Crippen LogP contribution in [0.1, 0.15) is 29.5 Å². The molecular weight excluding hydrogens is 226 g/mol. The molecule has 2 rings (SSSR count). The van der Waals surface area contributed by atoms with Crippen molar-refractivity contribution in [3.05, 3.63) is 35.7 Å². The first-order valence-corrected chi connectivity index (χ1v) is 6.25. The summed E-state index contributed by atoms with van der Waals surface area (Å²) >= 11 is 0. The summed E-state index contributed by atoms with van der Waals surface area (Å²) in [5.41, 5.74) is 2.37. The Bertz CT molecular complexity index is 511. The summed E-state index contributed by atoms with van der Waals surface area (Å²) in [6.45, 7) is 2.06. The zero-order valence-corrected chi connectivity index (χ0v) is 11.5. The highest BCUT2D eigenvalue weighted by Gasteiger charge is 2.15. The van der Waals surface area contributed by atoms with Gasteiger partial charge in [-0.2, -0.15) is 5.10 Å². The topological polar surface area (TPSA) is 47.7 Å². The van der Waals surface area contributed by atoms with Crippen LogP contribution in [0.3, 0.4) is 0 Å². The van der Waals surface area contributed by atoms with Crippen LogP contribution < -0.4 is 5.32 Å². The molecule has 2 aromatic heterocycles. The molecule has 0 aliphatic heterocycles. The van der Waals surface area contributed by atoms with Gasteiger partial charge in [-0.3, -0.25) is 4.68 Å². The lowest BCUT2D eigenvalue weighted by atomic mass is 10.0. The average molecular weight is 247 g/mol. The zero-order valence-electron chi connectivity index (χ0n) is 11.5. The van der Waals surface area contributed by atoms with E-state index < -0.39 is 0 Å². The van der Waals surface area contributed by atoms with Gasteiger partial charge in [-0.1, -0.05) is 0 Å². The van der Waals surface area contributed by atoms with Crippen LogP contribution in [-0.2, 0) is 20.5 Å². The fraction of sp³-hybridized carbons (Fsp3) is 0.538. The summed E-state index contributed by atoms with van der Waals surface area (Å²) in [6.07, 6.45) is 7.91. The van der Waals surface area contributed by atoms with Crippen LogP contribution in [0.15, 0.2) is 18.6 Å². The summed E-state index contributed by atoms with van der Waals surface area (Å²) in [5, 5.41) is 7.76. The zero-order chi connectivity index (χ0) is 13.1. The predicted octanol–water partition coefficient (Wildman–Crippen LogP) is 1.36. The monoisotopic (exact) mass is 247 g/mol. The summed E-state index contributed by atoms with van der Waals surface area (Å²) < 4.78 is 3.94. The summed E-state index contributed by atoms with van der Waals surface area (Å²) in [6, 6.07) is 0.329. The number of aromatic nitrogens is 4. The summed E-state index contributed by atoms with van der Waals surface area (Å²) in [7, 11) is 5.99. The Morgan fingerprint density at radius 2 is 2.17 bits per heavy atom. The van der Waals surface area contributed by atoms with Gasteiger partial charge >= 0.3 is 0 Å². The van der Waals surface area contributed by atoms with Gasteiger partial charge in [0.2, 0.25) is 0 Å². The molecule has 2 aromatic rings. The largest absolute Gasteiger partial charge is 0.338 e. The van der Waals surface area contributed by atoms with Crippen LogP contribution in [0, 0.1) is 6.92 Å². The second-order valence-corrected chi connectivity index (χ2v) is 4.68. The Hall–Kier alpha value is -1.62. The minimum atomic E-state index is 0.329. The van der Waals surface area contributed by atoms with E-state index in [-0.39, 0.29) is 0 Å². The number of rotatable bonds is 5. The molecule has 2 heterocycles. The van der Waals surface area contributed by atoms with Gasteiger partial charge in [0.05, 0.1) is 5.69 Å². The van der Waals surface area contributed by atoms with Crippen LogP contribution in [-0.4, -0.2) is 26.4 Å². The third kappa shape index (κ3) is 2.61. The van der Waals surface area contributed by atoms with Crippen LogP contribution in [0.4, 0.5) is 0 Å². The number of nitrogens with one attached hydrogen (secondary N) is 1. The SMILES string of the molecule is CNC(CCc1nccn1C)c1cn(C)nc1C. The molecule has 0 radical (unpaired) electrons. The lowest BCUT2D eigenvalue weighted by molar-refractivity contribution is 0.533. The van der Waals surface area contributed by atoms with Crippen molar-refractivity contribution in [2.24, 2.45) is 14.1 Å². The molecule has 1 unspecified atom stereocenters. The fourth-order valence-corrected chi connectivity index (χ4v) is 2.33. The van der Waals surface area contributed by atoms with Crippen molar-refractivity contribution in [3.8, 4) is 0 Å². The average Bonchev–Trinajstić information content (AvgIpc) is 2.87. The van der Waals surface area contributed by atoms with E-state index in [0.29, 0.717) is 6.04 Å². The smallest absolute Gasteiger partial charge is 0.108 e. The third-order valence-corrected chi connectivity index (χ3v) is 3.35. The van der Waals surface area contributed by atoms with E-state index in [1.807, 2.05) is 38.2 Å². The molecule has 18 heavy (non-hydrogen) atoms. The van der Waals surface area contributed by atoms with Crippen molar-refractivity contribution >= 4 is 0 Å². The summed E-state index contributed by atoms with van der Waals surface area (Å²) in [4.78, 5) is 4.36. The number of aryl methyl sites for hydroxylation is 4. The second-order valence-electron chi connectivity index (χ2n) is 4.68. The Kier molecular flexibility index (Phi) is 3.81. The predicted molar refractivity (Wildman–Crippen MR) is 71.3 cm³/mol. The van der Waals surface area contributed by atoms with E-state index in [0.717, 1.165) is 24.4 Å². The van der Waals surface area contributed by atoms with Gasteiger partial charge in [0.15, 0.2) is 0 Å². The molecule has 1 N–H and O–H groups in total. The number of hydrogen-bond donors (Lipinski definition) is 1. The van der Waals surface area contributed by atoms with Gasteiger partial charge in [-0.25, -0.2) is 4.98 Å². The van der Waals surface area contributed by atoms with Crippen LogP contribution in [0.5, 0.6) is 0 Å². The van der Waals surface area contributed by atoms with Crippen molar-refractivity contribution in [2.45, 2.75) is 25.8 Å². The molecule has 0 aromatic carbocycles. The Balaban J connectivity index is 2.06. The lowest BCUT2D eigenvalue weighted by Crippen LogP contribution is -2.18. The minimum absolute atomic E-state index is 0.329. The van der Waals surface area contributed by atoms with E-state index in [2.05, 4.69) is 33.1 Å². The molecule has 5 nitrogen and oxygen atoms in total. The number of nitrogens with zero attached hydrogens (tertiary/aromatic N) is 4. The fourth-order valence-electron chi connectivity index (χ4n) is 2.33. The molecule has 0 aliphatic carbocycles. The normalized spacial score (nSPS) is 12.9. The van der Waals surface area contributed by atoms with Gasteiger partial charge in [0, 0.05) is 50.7 Å². The van der Waals surface area contributed by atoms with Crippen molar-refractivity contribution < 1.29 is 0 Å². The van der Waals surface area contributed by atoms with Crippen molar-refractivity contribution in [1.82, 2.24) is 24.6 Å². The van der Waals surface area contributed by atoms with Gasteiger partial charge < -0.3 is 9.88 Å². The molecule has 0 bridgehead atoms. The molecule has 98 valence electrons. The Labute approximate surface area is 108 Å². The molecule has 0 aliphatic rings. The van der Waals surface area contributed by atoms with Gasteiger partial charge in [-0.15, -0.1) is 0 Å². The van der Waals surface area contributed by atoms with E-state index in [1.54, 1.807) is 0 Å². The standard InChI is InChI=1S/C13H21N5/c1-10-11(9-18(4)16-10)12(14-2)5-6-13-15-7-8-17(13)3/h7-9,12,14H,5-6H2,1-4H3. The quantitative estimate of drug-likeness (QED) is 0.867. The minimum Gasteiger partial charge on any atom is -0.338 e. The first-order chi connectivity index (χ1) is 8.61. The molecule has 5 heteroatoms. The number of hydrogen-bond acceptors (Lipinski definition) is 3. The molecule has 0 spiro atoms. The molecular formula is C13H21N5. The highest BCUT2D eigenvalue weighted by Crippen LogP contribution is 2.20. The molecule has 0 saturated heterocycles. The summed E-state index contributed by atoms with van der Waals surface area (Å²) in [5.74, 6) is 1.12. The van der Waals surface area contributed by atoms with Gasteiger partial charge in [0.25, 0.3) is 0 Å². The van der Waals surface area contributed by atoms with Crippen molar-refractivity contribution in [2.75, 3.05) is 7.05 Å². The van der Waals surface area contributed by atoms with E-state index >= 15 is 0 Å². The third-order valence-electron chi connectivity index (χ3n) is 3.35. The van der Waals surface area contributed by atoms with E-state index in [4.69, 9.17) is 0 Å². The molecule has 0 amide bonds. The highest BCUT2D eigenvalue weighted by atomic mass is 15.3. The van der Waals surface area contributed by atoms with Crippen molar-refractivity contribution in [1.29, 1.82) is 0 Å². The highest BCUT2D eigenvalue weighted by molar-refractivity contribution is 5.20. The Morgan fingerprint density at radius 3 is 2.67 bits per heavy atom. The van der Waals surface area contributed by atoms with Crippen LogP contribution >= 0.6 is 0 Å². The van der Waals surface area contributed by atoms with Gasteiger partial charge in [-0.05, 0) is 20.4 Å². The van der Waals surface area contributed by atoms with Crippen molar-refractivity contribution in [3.63, 3.8) is 0 Å². The molecule has 0 saturated carbocycles. The van der Waals surface area contributed by atoms with Gasteiger partial charge in [0.1, 0.15) is 5.82 Å². The first-order valence-electron chi connectivity index (χ1n) is 6.25. The maximum atomic E-state index is 4.40. The maximum Gasteiger partial charge on any atom is 0.108 e. The first kappa shape index (κ1) is 12.8. The lowest BCUT2D eigenvalue weighted by Gasteiger charge is -2.15.